The van der Waals surface area contributed by atoms with Crippen LogP contribution in [-0.4, -0.2) is 57.3 Å². The SMILES string of the molecule is CCN(CCNS(=O)(=O)C1CCNCC1)C1CC1. The van der Waals surface area contributed by atoms with Gasteiger partial charge in [0.05, 0.1) is 5.25 Å². The Labute approximate surface area is 110 Å². The largest absolute Gasteiger partial charge is 0.317 e. The van der Waals surface area contributed by atoms with E-state index in [1.165, 1.54) is 12.8 Å². The number of hydrogen-bond acceptors (Lipinski definition) is 4. The van der Waals surface area contributed by atoms with Crippen LogP contribution in [0, 0.1) is 0 Å². The van der Waals surface area contributed by atoms with Gasteiger partial charge in [-0.2, -0.15) is 0 Å². The van der Waals surface area contributed by atoms with Crippen molar-refractivity contribution in [3.8, 4) is 0 Å². The first kappa shape index (κ1) is 14.2. The monoisotopic (exact) mass is 275 g/mol. The first-order valence-electron chi connectivity index (χ1n) is 7.06. The minimum absolute atomic E-state index is 0.199. The van der Waals surface area contributed by atoms with Gasteiger partial charge in [0.2, 0.25) is 10.0 Å². The van der Waals surface area contributed by atoms with E-state index in [2.05, 4.69) is 21.9 Å². The summed E-state index contributed by atoms with van der Waals surface area (Å²) in [5, 5.41) is 2.99. The van der Waals surface area contributed by atoms with Gasteiger partial charge in [0.25, 0.3) is 0 Å². The van der Waals surface area contributed by atoms with Crippen LogP contribution in [0.4, 0.5) is 0 Å². The fraction of sp³-hybridized carbons (Fsp3) is 1.00. The van der Waals surface area contributed by atoms with E-state index in [9.17, 15) is 8.42 Å². The Morgan fingerprint density at radius 1 is 1.22 bits per heavy atom. The van der Waals surface area contributed by atoms with Gasteiger partial charge in [0.15, 0.2) is 0 Å². The Kier molecular flexibility index (Phi) is 5.00. The molecule has 0 aromatic carbocycles. The molecule has 1 saturated carbocycles. The average Bonchev–Trinajstić information content (AvgIpc) is 3.20. The highest BCUT2D eigenvalue weighted by molar-refractivity contribution is 7.90. The third kappa shape index (κ3) is 3.91. The molecule has 6 heteroatoms. The fourth-order valence-corrected chi connectivity index (χ4v) is 4.06. The van der Waals surface area contributed by atoms with Gasteiger partial charge >= 0.3 is 0 Å². The van der Waals surface area contributed by atoms with E-state index >= 15 is 0 Å². The van der Waals surface area contributed by atoms with Crippen LogP contribution >= 0.6 is 0 Å². The van der Waals surface area contributed by atoms with Gasteiger partial charge in [0, 0.05) is 19.1 Å². The molecule has 2 fully saturated rings. The van der Waals surface area contributed by atoms with Crippen molar-refractivity contribution in [1.82, 2.24) is 14.9 Å². The highest BCUT2D eigenvalue weighted by Gasteiger charge is 2.29. The zero-order valence-corrected chi connectivity index (χ0v) is 12.0. The Bertz CT molecular complexity index is 348. The first-order chi connectivity index (χ1) is 8.63. The number of likely N-dealkylation sites (N-methyl/N-ethyl adjacent to an activating group) is 1. The van der Waals surface area contributed by atoms with Crippen molar-refractivity contribution in [2.24, 2.45) is 0 Å². The van der Waals surface area contributed by atoms with Gasteiger partial charge in [0.1, 0.15) is 0 Å². The second kappa shape index (κ2) is 6.32. The zero-order chi connectivity index (χ0) is 13.0. The molecule has 0 bridgehead atoms. The van der Waals surface area contributed by atoms with E-state index in [4.69, 9.17) is 0 Å². The molecule has 1 aliphatic carbocycles. The van der Waals surface area contributed by atoms with Crippen molar-refractivity contribution in [3.05, 3.63) is 0 Å². The maximum Gasteiger partial charge on any atom is 0.214 e. The Morgan fingerprint density at radius 2 is 1.89 bits per heavy atom. The molecule has 106 valence electrons. The lowest BCUT2D eigenvalue weighted by molar-refractivity contribution is 0.282. The van der Waals surface area contributed by atoms with Crippen molar-refractivity contribution in [3.63, 3.8) is 0 Å². The van der Waals surface area contributed by atoms with Crippen LogP contribution in [0.5, 0.6) is 0 Å². The molecule has 0 aromatic rings. The third-order valence-electron chi connectivity index (χ3n) is 3.90. The number of nitrogens with zero attached hydrogens (tertiary/aromatic N) is 1. The van der Waals surface area contributed by atoms with Gasteiger partial charge in [-0.15, -0.1) is 0 Å². The molecule has 0 aromatic heterocycles. The standard InChI is InChI=1S/C12H25N3O2S/c1-2-15(11-3-4-11)10-9-14-18(16,17)12-5-7-13-8-6-12/h11-14H,2-10H2,1H3. The number of piperidine rings is 1. The van der Waals surface area contributed by atoms with Crippen molar-refractivity contribution in [1.29, 1.82) is 0 Å². The number of sulfonamides is 1. The summed E-state index contributed by atoms with van der Waals surface area (Å²) in [6.45, 7) is 6.17. The molecular formula is C12H25N3O2S. The summed E-state index contributed by atoms with van der Waals surface area (Å²) in [6, 6.07) is 0.707. The van der Waals surface area contributed by atoms with E-state index in [1.54, 1.807) is 0 Å². The first-order valence-corrected chi connectivity index (χ1v) is 8.61. The highest BCUT2D eigenvalue weighted by atomic mass is 32.2. The van der Waals surface area contributed by atoms with Crippen LogP contribution in [0.3, 0.4) is 0 Å². The van der Waals surface area contributed by atoms with E-state index in [-0.39, 0.29) is 5.25 Å². The quantitative estimate of drug-likeness (QED) is 0.694. The second-order valence-corrected chi connectivity index (χ2v) is 7.29. The zero-order valence-electron chi connectivity index (χ0n) is 11.2. The van der Waals surface area contributed by atoms with Crippen LogP contribution in [0.25, 0.3) is 0 Å². The van der Waals surface area contributed by atoms with Crippen LogP contribution in [0.1, 0.15) is 32.6 Å². The second-order valence-electron chi connectivity index (χ2n) is 5.25. The molecule has 0 spiro atoms. The molecule has 18 heavy (non-hydrogen) atoms. The Morgan fingerprint density at radius 3 is 2.44 bits per heavy atom. The van der Waals surface area contributed by atoms with E-state index in [1.807, 2.05) is 0 Å². The molecule has 0 amide bonds. The Hall–Kier alpha value is -0.170. The normalized spacial score (nSPS) is 22.6. The number of rotatable bonds is 7. The summed E-state index contributed by atoms with van der Waals surface area (Å²) in [5.74, 6) is 0. The van der Waals surface area contributed by atoms with Crippen LogP contribution in [0.15, 0.2) is 0 Å². The molecule has 2 aliphatic rings. The van der Waals surface area contributed by atoms with Gasteiger partial charge in [-0.3, -0.25) is 4.90 Å². The van der Waals surface area contributed by atoms with Crippen LogP contribution < -0.4 is 10.0 Å². The van der Waals surface area contributed by atoms with E-state index in [0.717, 1.165) is 39.0 Å². The summed E-state index contributed by atoms with van der Waals surface area (Å²) < 4.78 is 26.9. The van der Waals surface area contributed by atoms with Gasteiger partial charge in [-0.25, -0.2) is 13.1 Å². The predicted molar refractivity (Wildman–Crippen MR) is 73.1 cm³/mol. The molecule has 0 radical (unpaired) electrons. The summed E-state index contributed by atoms with van der Waals surface area (Å²) in [7, 11) is -3.11. The van der Waals surface area contributed by atoms with Crippen LogP contribution in [-0.2, 0) is 10.0 Å². The van der Waals surface area contributed by atoms with E-state index < -0.39 is 10.0 Å². The highest BCUT2D eigenvalue weighted by Crippen LogP contribution is 2.25. The molecule has 1 heterocycles. The van der Waals surface area contributed by atoms with Gasteiger partial charge in [-0.1, -0.05) is 6.92 Å². The summed E-state index contributed by atoms with van der Waals surface area (Å²) in [4.78, 5) is 2.37. The number of hydrogen-bond donors (Lipinski definition) is 2. The third-order valence-corrected chi connectivity index (χ3v) is 5.85. The average molecular weight is 275 g/mol. The fourth-order valence-electron chi connectivity index (χ4n) is 2.59. The molecule has 1 saturated heterocycles. The predicted octanol–water partition coefficient (Wildman–Crippen LogP) is 0.142. The molecule has 1 aliphatic heterocycles. The smallest absolute Gasteiger partial charge is 0.214 e. The minimum atomic E-state index is -3.11. The summed E-state index contributed by atoms with van der Waals surface area (Å²) in [5.41, 5.74) is 0. The van der Waals surface area contributed by atoms with Crippen molar-refractivity contribution in [2.75, 3.05) is 32.7 Å². The lowest BCUT2D eigenvalue weighted by Gasteiger charge is -2.24. The molecule has 2 rings (SSSR count). The number of nitrogens with one attached hydrogen (secondary N) is 2. The lowest BCUT2D eigenvalue weighted by Crippen LogP contribution is -2.44. The molecular weight excluding hydrogens is 250 g/mol. The van der Waals surface area contributed by atoms with Gasteiger partial charge < -0.3 is 5.32 Å². The maximum absolute atomic E-state index is 12.1. The van der Waals surface area contributed by atoms with Crippen LogP contribution in [0.2, 0.25) is 0 Å². The van der Waals surface area contributed by atoms with E-state index in [0.29, 0.717) is 12.6 Å². The Balaban J connectivity index is 1.73. The lowest BCUT2D eigenvalue weighted by atomic mass is 10.2. The summed E-state index contributed by atoms with van der Waals surface area (Å²) >= 11 is 0. The van der Waals surface area contributed by atoms with Crippen molar-refractivity contribution in [2.45, 2.75) is 43.9 Å². The molecule has 0 atom stereocenters. The van der Waals surface area contributed by atoms with Crippen molar-refractivity contribution < 1.29 is 8.42 Å². The minimum Gasteiger partial charge on any atom is -0.317 e. The molecule has 2 N–H and O–H groups in total. The maximum atomic E-state index is 12.1. The molecule has 0 unspecified atom stereocenters. The summed E-state index contributed by atoms with van der Waals surface area (Å²) in [6.07, 6.45) is 4.01. The van der Waals surface area contributed by atoms with Gasteiger partial charge in [-0.05, 0) is 45.3 Å². The van der Waals surface area contributed by atoms with Crippen molar-refractivity contribution >= 4 is 10.0 Å². The molecule has 5 nitrogen and oxygen atoms in total. The topological polar surface area (TPSA) is 61.4 Å².